The van der Waals surface area contributed by atoms with E-state index in [0.29, 0.717) is 0 Å². The summed E-state index contributed by atoms with van der Waals surface area (Å²) in [7, 11) is 0. The van der Waals surface area contributed by atoms with Crippen molar-refractivity contribution in [1.82, 2.24) is 0 Å². The van der Waals surface area contributed by atoms with Crippen LogP contribution in [0.5, 0.6) is 5.75 Å². The highest BCUT2D eigenvalue weighted by molar-refractivity contribution is 6.30. The molecule has 0 aromatic heterocycles. The van der Waals surface area contributed by atoms with Gasteiger partial charge in [-0.05, 0) is 54.3 Å². The lowest BCUT2D eigenvalue weighted by Gasteiger charge is -2.26. The van der Waals surface area contributed by atoms with Gasteiger partial charge >= 0.3 is 0 Å². The molecule has 0 radical (unpaired) electrons. The summed E-state index contributed by atoms with van der Waals surface area (Å²) in [6.07, 6.45) is 2.06. The number of hydrogen-bond acceptors (Lipinski definition) is 1. The van der Waals surface area contributed by atoms with Gasteiger partial charge in [0.25, 0.3) is 0 Å². The predicted octanol–water partition coefficient (Wildman–Crippen LogP) is 5.06. The third kappa shape index (κ3) is 2.33. The Hall–Kier alpha value is -1.18. The Balaban J connectivity index is 1.86. The quantitative estimate of drug-likeness (QED) is 0.709. The smallest absolute Gasteiger partial charge is 0.124 e. The average molecular weight is 279 g/mol. The number of benzene rings is 2. The third-order valence-electron chi connectivity index (χ3n) is 3.21. The average Bonchev–Trinajstić information content (AvgIpc) is 2.39. The molecule has 1 nitrogen and oxygen atoms in total. The second kappa shape index (κ2) is 4.83. The van der Waals surface area contributed by atoms with Crippen molar-refractivity contribution in [2.45, 2.75) is 18.9 Å². The highest BCUT2D eigenvalue weighted by Crippen LogP contribution is 2.36. The molecule has 2 aromatic rings. The van der Waals surface area contributed by atoms with Crippen LogP contribution in [0.3, 0.4) is 0 Å². The predicted molar refractivity (Wildman–Crippen MR) is 74.6 cm³/mol. The van der Waals surface area contributed by atoms with Crippen molar-refractivity contribution >= 4 is 23.2 Å². The van der Waals surface area contributed by atoms with E-state index in [2.05, 4.69) is 0 Å². The molecule has 92 valence electrons. The monoisotopic (exact) mass is 278 g/mol. The maximum absolute atomic E-state index is 6.01. The van der Waals surface area contributed by atoms with Gasteiger partial charge in [0.1, 0.15) is 11.9 Å². The molecule has 0 saturated carbocycles. The minimum Gasteiger partial charge on any atom is -0.485 e. The normalized spacial score (nSPS) is 18.0. The van der Waals surface area contributed by atoms with Crippen molar-refractivity contribution in [2.75, 3.05) is 0 Å². The lowest BCUT2D eigenvalue weighted by atomic mass is 9.97. The first-order valence-corrected chi connectivity index (χ1v) is 6.68. The molecule has 3 rings (SSSR count). The number of halogens is 2. The molecular formula is C15H12Cl2O. The number of aryl methyl sites for hydroxylation is 1. The van der Waals surface area contributed by atoms with E-state index < -0.39 is 0 Å². The zero-order valence-corrected chi connectivity index (χ0v) is 11.2. The first-order chi connectivity index (χ1) is 8.72. The number of rotatable bonds is 1. The summed E-state index contributed by atoms with van der Waals surface area (Å²) in [6, 6.07) is 13.6. The molecule has 0 aliphatic carbocycles. The van der Waals surface area contributed by atoms with Crippen LogP contribution < -0.4 is 4.74 Å². The summed E-state index contributed by atoms with van der Waals surface area (Å²) in [5.41, 5.74) is 2.35. The molecule has 1 heterocycles. The molecule has 3 heteroatoms. The van der Waals surface area contributed by atoms with Crippen molar-refractivity contribution in [3.05, 3.63) is 63.6 Å². The first kappa shape index (κ1) is 11.9. The van der Waals surface area contributed by atoms with E-state index in [9.17, 15) is 0 Å². The van der Waals surface area contributed by atoms with Crippen LogP contribution in [0.4, 0.5) is 0 Å². The van der Waals surface area contributed by atoms with E-state index in [-0.39, 0.29) is 6.10 Å². The van der Waals surface area contributed by atoms with Crippen LogP contribution in [0, 0.1) is 0 Å². The van der Waals surface area contributed by atoms with Gasteiger partial charge < -0.3 is 4.74 Å². The van der Waals surface area contributed by atoms with Crippen LogP contribution in [-0.4, -0.2) is 0 Å². The van der Waals surface area contributed by atoms with Gasteiger partial charge in [-0.15, -0.1) is 0 Å². The van der Waals surface area contributed by atoms with Crippen molar-refractivity contribution in [3.63, 3.8) is 0 Å². The number of fused-ring (bicyclic) bond motifs is 1. The van der Waals surface area contributed by atoms with Gasteiger partial charge in [-0.1, -0.05) is 35.3 Å². The van der Waals surface area contributed by atoms with E-state index in [0.717, 1.165) is 28.6 Å². The minimum absolute atomic E-state index is 0.107. The molecule has 0 spiro atoms. The fourth-order valence-corrected chi connectivity index (χ4v) is 2.59. The van der Waals surface area contributed by atoms with Crippen LogP contribution in [0.25, 0.3) is 0 Å². The van der Waals surface area contributed by atoms with E-state index in [4.69, 9.17) is 27.9 Å². The second-order valence-electron chi connectivity index (χ2n) is 4.45. The Bertz CT molecular complexity index is 563. The van der Waals surface area contributed by atoms with Crippen LogP contribution in [0.2, 0.25) is 10.0 Å². The molecule has 0 saturated heterocycles. The van der Waals surface area contributed by atoms with Gasteiger partial charge in [-0.2, -0.15) is 0 Å². The molecule has 0 N–H and O–H groups in total. The Morgan fingerprint density at radius 1 is 0.944 bits per heavy atom. The molecule has 0 unspecified atom stereocenters. The Labute approximate surface area is 116 Å². The Morgan fingerprint density at radius 2 is 1.67 bits per heavy atom. The van der Waals surface area contributed by atoms with Crippen molar-refractivity contribution in [1.29, 1.82) is 0 Å². The summed E-state index contributed by atoms with van der Waals surface area (Å²) < 4.78 is 6.01. The van der Waals surface area contributed by atoms with Crippen LogP contribution >= 0.6 is 23.2 Å². The Kier molecular flexibility index (Phi) is 3.19. The van der Waals surface area contributed by atoms with Gasteiger partial charge in [-0.3, -0.25) is 0 Å². The summed E-state index contributed by atoms with van der Waals surface area (Å²) >= 11 is 11.9. The molecule has 0 amide bonds. The van der Waals surface area contributed by atoms with Gasteiger partial charge in [0.15, 0.2) is 0 Å². The summed E-state index contributed by atoms with van der Waals surface area (Å²) in [5, 5.41) is 1.52. The van der Waals surface area contributed by atoms with Crippen LogP contribution in [0.1, 0.15) is 23.7 Å². The standard InChI is InChI=1S/C15H12Cl2O/c16-12-4-1-10(2-5-12)14-7-3-11-9-13(17)6-8-15(11)18-14/h1-2,4-6,8-9,14H,3,7H2/t14-/m0/s1. The Morgan fingerprint density at radius 3 is 2.44 bits per heavy atom. The number of hydrogen-bond donors (Lipinski definition) is 0. The maximum Gasteiger partial charge on any atom is 0.124 e. The van der Waals surface area contributed by atoms with Gasteiger partial charge in [0.05, 0.1) is 0 Å². The third-order valence-corrected chi connectivity index (χ3v) is 3.70. The fourth-order valence-electron chi connectivity index (χ4n) is 2.27. The van der Waals surface area contributed by atoms with Gasteiger partial charge in [-0.25, -0.2) is 0 Å². The molecule has 18 heavy (non-hydrogen) atoms. The summed E-state index contributed by atoms with van der Waals surface area (Å²) in [4.78, 5) is 0. The second-order valence-corrected chi connectivity index (χ2v) is 5.32. The highest BCUT2D eigenvalue weighted by Gasteiger charge is 2.21. The molecule has 0 fully saturated rings. The topological polar surface area (TPSA) is 9.23 Å². The first-order valence-electron chi connectivity index (χ1n) is 5.93. The molecule has 1 atom stereocenters. The highest BCUT2D eigenvalue weighted by atomic mass is 35.5. The van der Waals surface area contributed by atoms with Crippen LogP contribution in [-0.2, 0) is 6.42 Å². The molecular weight excluding hydrogens is 267 g/mol. The molecule has 1 aliphatic heterocycles. The molecule has 0 bridgehead atoms. The van der Waals surface area contributed by atoms with Crippen molar-refractivity contribution in [2.24, 2.45) is 0 Å². The lowest BCUT2D eigenvalue weighted by Crippen LogP contribution is -2.14. The van der Waals surface area contributed by atoms with E-state index in [1.165, 1.54) is 11.1 Å². The maximum atomic E-state index is 6.01. The van der Waals surface area contributed by atoms with E-state index in [1.54, 1.807) is 0 Å². The zero-order chi connectivity index (χ0) is 12.5. The number of ether oxygens (including phenoxy) is 1. The minimum atomic E-state index is 0.107. The van der Waals surface area contributed by atoms with Crippen LogP contribution in [0.15, 0.2) is 42.5 Å². The van der Waals surface area contributed by atoms with Gasteiger partial charge in [0.2, 0.25) is 0 Å². The molecule has 2 aromatic carbocycles. The zero-order valence-electron chi connectivity index (χ0n) is 9.70. The van der Waals surface area contributed by atoms with Crippen molar-refractivity contribution in [3.8, 4) is 5.75 Å². The lowest BCUT2D eigenvalue weighted by molar-refractivity contribution is 0.176. The van der Waals surface area contributed by atoms with Crippen molar-refractivity contribution < 1.29 is 4.74 Å². The SMILES string of the molecule is Clc1ccc([C@@H]2CCc3cc(Cl)ccc3O2)cc1. The molecule has 1 aliphatic rings. The van der Waals surface area contributed by atoms with E-state index >= 15 is 0 Å². The van der Waals surface area contributed by atoms with Gasteiger partial charge in [0, 0.05) is 10.0 Å². The summed E-state index contributed by atoms with van der Waals surface area (Å²) in [6.45, 7) is 0. The fraction of sp³-hybridized carbons (Fsp3) is 0.200. The summed E-state index contributed by atoms with van der Waals surface area (Å²) in [5.74, 6) is 0.936. The van der Waals surface area contributed by atoms with E-state index in [1.807, 2.05) is 42.5 Å². The largest absolute Gasteiger partial charge is 0.485 e.